The maximum absolute atomic E-state index is 12.6. The number of fused-ring (bicyclic) bond motifs is 1. The highest BCUT2D eigenvalue weighted by Gasteiger charge is 2.32. The Bertz CT molecular complexity index is 620. The standard InChI is InChI=1S/C15H21ClN4O3/c1-9(2)17-13(21)10-3-5-19(6-4-10)14(22)12-11(16)15-20(18-12)7-8-23-15/h9-10H,3-8H2,1-2H3,(H,17,21). The molecular formula is C15H21ClN4O3. The Kier molecular flexibility index (Phi) is 4.48. The number of aromatic nitrogens is 2. The molecule has 0 aliphatic carbocycles. The Morgan fingerprint density at radius 2 is 2.00 bits per heavy atom. The van der Waals surface area contributed by atoms with Crippen LogP contribution in [0.4, 0.5) is 0 Å². The second-order valence-electron chi connectivity index (χ2n) is 6.27. The van der Waals surface area contributed by atoms with Gasteiger partial charge in [0.25, 0.3) is 5.91 Å². The van der Waals surface area contributed by atoms with Crippen LogP contribution < -0.4 is 10.1 Å². The third kappa shape index (κ3) is 3.15. The number of nitrogens with one attached hydrogen (secondary N) is 1. The number of nitrogens with zero attached hydrogens (tertiary/aromatic N) is 3. The summed E-state index contributed by atoms with van der Waals surface area (Å²) in [6.07, 6.45) is 1.32. The fraction of sp³-hybridized carbons (Fsp3) is 0.667. The lowest BCUT2D eigenvalue weighted by molar-refractivity contribution is -0.126. The lowest BCUT2D eigenvalue weighted by atomic mass is 9.95. The Hall–Kier alpha value is -1.76. The van der Waals surface area contributed by atoms with Gasteiger partial charge in [-0.15, -0.1) is 0 Å². The average molecular weight is 341 g/mol. The van der Waals surface area contributed by atoms with E-state index >= 15 is 0 Å². The number of hydrogen-bond donors (Lipinski definition) is 1. The molecule has 0 radical (unpaired) electrons. The third-order valence-corrected chi connectivity index (χ3v) is 4.52. The molecule has 8 heteroatoms. The molecular weight excluding hydrogens is 320 g/mol. The second kappa shape index (κ2) is 6.39. The normalized spacial score (nSPS) is 18.0. The summed E-state index contributed by atoms with van der Waals surface area (Å²) in [5, 5.41) is 7.46. The van der Waals surface area contributed by atoms with Crippen LogP contribution in [0.1, 0.15) is 37.2 Å². The van der Waals surface area contributed by atoms with Crippen LogP contribution in [0.3, 0.4) is 0 Å². The summed E-state index contributed by atoms with van der Waals surface area (Å²) in [6, 6.07) is 0.133. The molecule has 0 aromatic carbocycles. The van der Waals surface area contributed by atoms with E-state index in [1.54, 1.807) is 9.58 Å². The first-order chi connectivity index (χ1) is 11.0. The molecule has 0 bridgehead atoms. The van der Waals surface area contributed by atoms with E-state index in [1.807, 2.05) is 13.8 Å². The monoisotopic (exact) mass is 340 g/mol. The number of likely N-dealkylation sites (tertiary alicyclic amines) is 1. The molecule has 1 saturated heterocycles. The van der Waals surface area contributed by atoms with Crippen molar-refractivity contribution in [1.29, 1.82) is 0 Å². The number of halogens is 1. The molecule has 2 aliphatic rings. The topological polar surface area (TPSA) is 76.5 Å². The molecule has 3 rings (SSSR count). The molecule has 3 heterocycles. The molecule has 1 N–H and O–H groups in total. The maximum Gasteiger partial charge on any atom is 0.276 e. The van der Waals surface area contributed by atoms with Gasteiger partial charge >= 0.3 is 0 Å². The highest BCUT2D eigenvalue weighted by Crippen LogP contribution is 2.32. The highest BCUT2D eigenvalue weighted by atomic mass is 35.5. The van der Waals surface area contributed by atoms with Gasteiger partial charge in [-0.25, -0.2) is 4.68 Å². The van der Waals surface area contributed by atoms with Gasteiger partial charge in [0, 0.05) is 25.0 Å². The smallest absolute Gasteiger partial charge is 0.276 e. The van der Waals surface area contributed by atoms with Crippen LogP contribution in [0.2, 0.25) is 5.02 Å². The van der Waals surface area contributed by atoms with Crippen molar-refractivity contribution in [2.45, 2.75) is 39.3 Å². The summed E-state index contributed by atoms with van der Waals surface area (Å²) in [6.45, 7) is 6.10. The summed E-state index contributed by atoms with van der Waals surface area (Å²) in [5.74, 6) is 0.316. The Morgan fingerprint density at radius 1 is 1.30 bits per heavy atom. The van der Waals surface area contributed by atoms with Crippen LogP contribution in [-0.4, -0.2) is 52.2 Å². The quantitative estimate of drug-likeness (QED) is 0.900. The van der Waals surface area contributed by atoms with Crippen LogP contribution in [0.5, 0.6) is 5.88 Å². The van der Waals surface area contributed by atoms with Crippen molar-refractivity contribution in [3.63, 3.8) is 0 Å². The first-order valence-electron chi connectivity index (χ1n) is 7.96. The van der Waals surface area contributed by atoms with Crippen LogP contribution in [0.25, 0.3) is 0 Å². The van der Waals surface area contributed by atoms with Gasteiger partial charge in [0.2, 0.25) is 11.8 Å². The first-order valence-corrected chi connectivity index (χ1v) is 8.34. The summed E-state index contributed by atoms with van der Waals surface area (Å²) >= 11 is 6.20. The fourth-order valence-electron chi connectivity index (χ4n) is 2.98. The molecule has 1 fully saturated rings. The molecule has 0 atom stereocenters. The molecule has 7 nitrogen and oxygen atoms in total. The van der Waals surface area contributed by atoms with Gasteiger partial charge in [0.05, 0.1) is 6.54 Å². The maximum atomic E-state index is 12.6. The minimum absolute atomic E-state index is 0.0349. The van der Waals surface area contributed by atoms with E-state index in [0.29, 0.717) is 45.0 Å². The predicted molar refractivity (Wildman–Crippen MR) is 84.6 cm³/mol. The molecule has 1 aromatic rings. The van der Waals surface area contributed by atoms with E-state index in [4.69, 9.17) is 16.3 Å². The molecule has 2 aliphatic heterocycles. The number of carbonyl (C=O) groups excluding carboxylic acids is 2. The van der Waals surface area contributed by atoms with Gasteiger partial charge in [0.1, 0.15) is 11.6 Å². The van der Waals surface area contributed by atoms with Crippen molar-refractivity contribution in [3.8, 4) is 5.88 Å². The zero-order valence-electron chi connectivity index (χ0n) is 13.3. The third-order valence-electron chi connectivity index (χ3n) is 4.18. The molecule has 126 valence electrons. The van der Waals surface area contributed by atoms with Crippen LogP contribution in [0, 0.1) is 5.92 Å². The Labute approximate surface area is 139 Å². The van der Waals surface area contributed by atoms with E-state index in [0.717, 1.165) is 0 Å². The predicted octanol–water partition coefficient (Wildman–Crippen LogP) is 1.31. The SMILES string of the molecule is CC(C)NC(=O)C1CCN(C(=O)c2nn3c(c2Cl)OCC3)CC1. The summed E-state index contributed by atoms with van der Waals surface area (Å²) < 4.78 is 7.00. The fourth-order valence-corrected chi connectivity index (χ4v) is 3.25. The minimum Gasteiger partial charge on any atom is -0.475 e. The number of carbonyl (C=O) groups is 2. The van der Waals surface area contributed by atoms with Crippen molar-refractivity contribution < 1.29 is 14.3 Å². The summed E-state index contributed by atoms with van der Waals surface area (Å²) in [4.78, 5) is 26.3. The molecule has 2 amide bonds. The van der Waals surface area contributed by atoms with Crippen LogP contribution in [0.15, 0.2) is 0 Å². The van der Waals surface area contributed by atoms with E-state index in [1.165, 1.54) is 0 Å². The van der Waals surface area contributed by atoms with Crippen molar-refractivity contribution in [3.05, 3.63) is 10.7 Å². The number of piperidine rings is 1. The molecule has 1 aromatic heterocycles. The number of hydrogen-bond acceptors (Lipinski definition) is 4. The van der Waals surface area contributed by atoms with Crippen molar-refractivity contribution in [2.75, 3.05) is 19.7 Å². The van der Waals surface area contributed by atoms with E-state index in [9.17, 15) is 9.59 Å². The Morgan fingerprint density at radius 3 is 2.61 bits per heavy atom. The van der Waals surface area contributed by atoms with Gasteiger partial charge in [-0.05, 0) is 26.7 Å². The minimum atomic E-state index is -0.191. The van der Waals surface area contributed by atoms with E-state index in [2.05, 4.69) is 10.4 Å². The number of ether oxygens (including phenoxy) is 1. The lowest BCUT2D eigenvalue weighted by Gasteiger charge is -2.31. The number of amides is 2. The van der Waals surface area contributed by atoms with Gasteiger partial charge in [0.15, 0.2) is 5.69 Å². The first kappa shape index (κ1) is 16.1. The summed E-state index contributed by atoms with van der Waals surface area (Å²) in [5.41, 5.74) is 0.242. The second-order valence-corrected chi connectivity index (χ2v) is 6.65. The molecule has 23 heavy (non-hydrogen) atoms. The number of rotatable bonds is 3. The van der Waals surface area contributed by atoms with E-state index in [-0.39, 0.29) is 34.5 Å². The zero-order chi connectivity index (χ0) is 16.6. The largest absolute Gasteiger partial charge is 0.475 e. The lowest BCUT2D eigenvalue weighted by Crippen LogP contribution is -2.44. The van der Waals surface area contributed by atoms with Gasteiger partial charge < -0.3 is 15.0 Å². The Balaban J connectivity index is 1.62. The molecule has 0 unspecified atom stereocenters. The van der Waals surface area contributed by atoms with Gasteiger partial charge in [-0.2, -0.15) is 5.10 Å². The van der Waals surface area contributed by atoms with Crippen LogP contribution in [-0.2, 0) is 11.3 Å². The molecule has 0 saturated carbocycles. The summed E-state index contributed by atoms with van der Waals surface area (Å²) in [7, 11) is 0. The van der Waals surface area contributed by atoms with Gasteiger partial charge in [-0.1, -0.05) is 11.6 Å². The van der Waals surface area contributed by atoms with Crippen molar-refractivity contribution >= 4 is 23.4 Å². The van der Waals surface area contributed by atoms with Crippen molar-refractivity contribution in [2.24, 2.45) is 5.92 Å². The van der Waals surface area contributed by atoms with Gasteiger partial charge in [-0.3, -0.25) is 9.59 Å². The average Bonchev–Trinajstić information content (AvgIpc) is 3.09. The zero-order valence-corrected chi connectivity index (χ0v) is 14.1. The highest BCUT2D eigenvalue weighted by molar-refractivity contribution is 6.34. The van der Waals surface area contributed by atoms with E-state index < -0.39 is 0 Å². The van der Waals surface area contributed by atoms with Crippen molar-refractivity contribution in [1.82, 2.24) is 20.0 Å². The van der Waals surface area contributed by atoms with Crippen LogP contribution >= 0.6 is 11.6 Å². The molecule has 0 spiro atoms.